The maximum absolute atomic E-state index is 6.19. The number of benzene rings is 1. The lowest BCUT2D eigenvalue weighted by atomic mass is 10.1. The third-order valence-electron chi connectivity index (χ3n) is 2.95. The Labute approximate surface area is 113 Å². The van der Waals surface area contributed by atoms with Crippen LogP contribution in [-0.4, -0.2) is 15.6 Å². The van der Waals surface area contributed by atoms with Crippen molar-refractivity contribution in [2.24, 2.45) is 0 Å². The van der Waals surface area contributed by atoms with E-state index in [9.17, 15) is 0 Å². The molecule has 3 nitrogen and oxygen atoms in total. The maximum Gasteiger partial charge on any atom is 0.0946 e. The molecule has 0 aliphatic carbocycles. The monoisotopic (exact) mass is 263 g/mol. The third kappa shape index (κ3) is 3.34. The summed E-state index contributed by atoms with van der Waals surface area (Å²) in [6, 6.07) is 8.54. The van der Waals surface area contributed by atoms with Crippen molar-refractivity contribution in [1.29, 1.82) is 0 Å². The summed E-state index contributed by atoms with van der Waals surface area (Å²) in [6.45, 7) is 5.19. The van der Waals surface area contributed by atoms with E-state index in [0.717, 1.165) is 17.1 Å². The largest absolute Gasteiger partial charge is 0.336 e. The summed E-state index contributed by atoms with van der Waals surface area (Å²) in [5.74, 6) is 0. The van der Waals surface area contributed by atoms with Gasteiger partial charge in [0.25, 0.3) is 0 Å². The Morgan fingerprint density at radius 2 is 2.11 bits per heavy atom. The van der Waals surface area contributed by atoms with Gasteiger partial charge in [-0.05, 0) is 25.5 Å². The highest BCUT2D eigenvalue weighted by Gasteiger charge is 2.12. The van der Waals surface area contributed by atoms with Crippen LogP contribution in [0.5, 0.6) is 0 Å². The van der Waals surface area contributed by atoms with Crippen molar-refractivity contribution < 1.29 is 0 Å². The van der Waals surface area contributed by atoms with E-state index in [4.69, 9.17) is 11.6 Å². The average Bonchev–Trinajstić information content (AvgIpc) is 2.82. The van der Waals surface area contributed by atoms with E-state index in [0.29, 0.717) is 6.04 Å². The van der Waals surface area contributed by atoms with Crippen LogP contribution in [0.25, 0.3) is 0 Å². The average molecular weight is 264 g/mol. The van der Waals surface area contributed by atoms with Crippen LogP contribution in [0.3, 0.4) is 0 Å². The minimum Gasteiger partial charge on any atom is -0.336 e. The summed E-state index contributed by atoms with van der Waals surface area (Å²) in [7, 11) is 0. The van der Waals surface area contributed by atoms with Crippen LogP contribution in [-0.2, 0) is 6.54 Å². The van der Waals surface area contributed by atoms with Crippen LogP contribution < -0.4 is 5.32 Å². The summed E-state index contributed by atoms with van der Waals surface area (Å²) in [4.78, 5) is 4.04. The molecule has 4 heteroatoms. The zero-order valence-electron chi connectivity index (χ0n) is 10.7. The molecule has 1 aromatic carbocycles. The van der Waals surface area contributed by atoms with Crippen molar-refractivity contribution in [2.45, 2.75) is 32.5 Å². The summed E-state index contributed by atoms with van der Waals surface area (Å²) in [5, 5.41) is 4.35. The standard InChI is InChI=1S/C14H18ClN3/c1-11(9-18-8-7-16-10-18)17-12(2)13-5-3-4-6-14(13)15/h3-8,10-12,17H,9H2,1-2H3. The molecule has 96 valence electrons. The maximum atomic E-state index is 6.19. The van der Waals surface area contributed by atoms with Gasteiger partial charge in [-0.2, -0.15) is 0 Å². The van der Waals surface area contributed by atoms with E-state index in [1.807, 2.05) is 30.7 Å². The second kappa shape index (κ2) is 6.03. The molecule has 2 unspecified atom stereocenters. The van der Waals surface area contributed by atoms with E-state index < -0.39 is 0 Å². The van der Waals surface area contributed by atoms with Gasteiger partial charge in [0.2, 0.25) is 0 Å². The Morgan fingerprint density at radius 3 is 2.78 bits per heavy atom. The Kier molecular flexibility index (Phi) is 4.39. The zero-order valence-corrected chi connectivity index (χ0v) is 11.4. The van der Waals surface area contributed by atoms with Gasteiger partial charge in [-0.25, -0.2) is 4.98 Å². The molecule has 1 heterocycles. The molecule has 0 bridgehead atoms. The molecular weight excluding hydrogens is 246 g/mol. The van der Waals surface area contributed by atoms with Gasteiger partial charge in [0, 0.05) is 36.0 Å². The van der Waals surface area contributed by atoms with E-state index >= 15 is 0 Å². The van der Waals surface area contributed by atoms with Gasteiger partial charge >= 0.3 is 0 Å². The fourth-order valence-electron chi connectivity index (χ4n) is 2.11. The van der Waals surface area contributed by atoms with Crippen molar-refractivity contribution in [3.63, 3.8) is 0 Å². The molecule has 2 aromatic rings. The molecule has 0 fully saturated rings. The Hall–Kier alpha value is -1.32. The van der Waals surface area contributed by atoms with Crippen LogP contribution >= 0.6 is 11.6 Å². The van der Waals surface area contributed by atoms with Crippen LogP contribution in [0, 0.1) is 0 Å². The van der Waals surface area contributed by atoms with E-state index in [1.165, 1.54) is 0 Å². The Bertz CT molecular complexity index is 482. The van der Waals surface area contributed by atoms with Gasteiger partial charge in [-0.15, -0.1) is 0 Å². The summed E-state index contributed by atoms with van der Waals surface area (Å²) >= 11 is 6.19. The molecule has 1 N–H and O–H groups in total. The highest BCUT2D eigenvalue weighted by Crippen LogP contribution is 2.22. The van der Waals surface area contributed by atoms with E-state index in [2.05, 4.69) is 34.8 Å². The van der Waals surface area contributed by atoms with Crippen LogP contribution in [0.1, 0.15) is 25.5 Å². The second-order valence-electron chi connectivity index (χ2n) is 4.57. The first-order chi connectivity index (χ1) is 8.66. The molecule has 0 amide bonds. The first-order valence-electron chi connectivity index (χ1n) is 6.13. The van der Waals surface area contributed by atoms with Gasteiger partial charge < -0.3 is 9.88 Å². The summed E-state index contributed by atoms with van der Waals surface area (Å²) < 4.78 is 2.07. The van der Waals surface area contributed by atoms with Gasteiger partial charge in [-0.1, -0.05) is 29.8 Å². The van der Waals surface area contributed by atoms with Crippen molar-refractivity contribution in [3.8, 4) is 0 Å². The molecule has 2 rings (SSSR count). The number of hydrogen-bond acceptors (Lipinski definition) is 2. The minimum absolute atomic E-state index is 0.234. The SMILES string of the molecule is CC(Cn1ccnc1)NC(C)c1ccccc1Cl. The van der Waals surface area contributed by atoms with Gasteiger partial charge in [0.05, 0.1) is 6.33 Å². The first-order valence-corrected chi connectivity index (χ1v) is 6.51. The van der Waals surface area contributed by atoms with Gasteiger partial charge in [-0.3, -0.25) is 0 Å². The first kappa shape index (κ1) is 13.1. The molecule has 0 aliphatic heterocycles. The fourth-order valence-corrected chi connectivity index (χ4v) is 2.41. The number of nitrogens with one attached hydrogen (secondary N) is 1. The summed E-state index contributed by atoms with van der Waals surface area (Å²) in [5.41, 5.74) is 1.14. The number of rotatable bonds is 5. The molecule has 18 heavy (non-hydrogen) atoms. The second-order valence-corrected chi connectivity index (χ2v) is 4.98. The van der Waals surface area contributed by atoms with E-state index in [1.54, 1.807) is 6.20 Å². The molecule has 0 radical (unpaired) electrons. The smallest absolute Gasteiger partial charge is 0.0946 e. The Morgan fingerprint density at radius 1 is 1.33 bits per heavy atom. The number of nitrogens with zero attached hydrogens (tertiary/aromatic N) is 2. The zero-order chi connectivity index (χ0) is 13.0. The van der Waals surface area contributed by atoms with Crippen LogP contribution in [0.15, 0.2) is 43.0 Å². The third-order valence-corrected chi connectivity index (χ3v) is 3.29. The molecule has 1 aromatic heterocycles. The molecule has 0 saturated heterocycles. The predicted octanol–water partition coefficient (Wildman–Crippen LogP) is 3.28. The highest BCUT2D eigenvalue weighted by atomic mass is 35.5. The lowest BCUT2D eigenvalue weighted by Crippen LogP contribution is -2.32. The lowest BCUT2D eigenvalue weighted by Gasteiger charge is -2.21. The fraction of sp³-hybridized carbons (Fsp3) is 0.357. The Balaban J connectivity index is 1.95. The molecule has 0 spiro atoms. The molecular formula is C14H18ClN3. The number of imidazole rings is 1. The molecule has 2 atom stereocenters. The van der Waals surface area contributed by atoms with Crippen LogP contribution in [0.4, 0.5) is 0 Å². The van der Waals surface area contributed by atoms with Crippen molar-refractivity contribution in [1.82, 2.24) is 14.9 Å². The lowest BCUT2D eigenvalue weighted by molar-refractivity contribution is 0.430. The van der Waals surface area contributed by atoms with Crippen molar-refractivity contribution >= 4 is 11.6 Å². The van der Waals surface area contributed by atoms with Gasteiger partial charge in [0.15, 0.2) is 0 Å². The number of aromatic nitrogens is 2. The molecule has 0 saturated carbocycles. The normalized spacial score (nSPS) is 14.4. The van der Waals surface area contributed by atoms with Gasteiger partial charge in [0.1, 0.15) is 0 Å². The quantitative estimate of drug-likeness (QED) is 0.897. The topological polar surface area (TPSA) is 29.9 Å². The predicted molar refractivity (Wildman–Crippen MR) is 74.7 cm³/mol. The van der Waals surface area contributed by atoms with Crippen molar-refractivity contribution in [2.75, 3.05) is 0 Å². The number of halogens is 1. The van der Waals surface area contributed by atoms with E-state index in [-0.39, 0.29) is 6.04 Å². The van der Waals surface area contributed by atoms with Crippen LogP contribution in [0.2, 0.25) is 5.02 Å². The number of hydrogen-bond donors (Lipinski definition) is 1. The summed E-state index contributed by atoms with van der Waals surface area (Å²) in [6.07, 6.45) is 5.60. The van der Waals surface area contributed by atoms with Crippen molar-refractivity contribution in [3.05, 3.63) is 53.6 Å². The minimum atomic E-state index is 0.234. The highest BCUT2D eigenvalue weighted by molar-refractivity contribution is 6.31. The molecule has 0 aliphatic rings.